The van der Waals surface area contributed by atoms with Gasteiger partial charge in [0.05, 0.1) is 5.69 Å². The summed E-state index contributed by atoms with van der Waals surface area (Å²) in [7, 11) is 0. The van der Waals surface area contributed by atoms with Crippen LogP contribution in [0.25, 0.3) is 0 Å². The normalized spacial score (nSPS) is 11.6. The van der Waals surface area contributed by atoms with E-state index in [0.717, 1.165) is 15.7 Å². The van der Waals surface area contributed by atoms with Gasteiger partial charge in [-0.3, -0.25) is 0 Å². The molecule has 0 N–H and O–H groups in total. The fourth-order valence-corrected chi connectivity index (χ4v) is 1.87. The summed E-state index contributed by atoms with van der Waals surface area (Å²) in [6.45, 7) is 2.05. The van der Waals surface area contributed by atoms with Crippen LogP contribution >= 0.6 is 27.5 Å². The lowest BCUT2D eigenvalue weighted by atomic mass is 10.2. The highest BCUT2D eigenvalue weighted by Gasteiger charge is 1.99. The molecule has 2 aromatic carbocycles. The Hall–Kier alpha value is -1.12. The summed E-state index contributed by atoms with van der Waals surface area (Å²) in [4.78, 5) is 4.36. The monoisotopic (exact) mass is 307 g/mol. The van der Waals surface area contributed by atoms with E-state index in [9.17, 15) is 0 Å². The van der Waals surface area contributed by atoms with Gasteiger partial charge in [0.25, 0.3) is 0 Å². The molecule has 0 fully saturated rings. The summed E-state index contributed by atoms with van der Waals surface area (Å²) in [5.74, 6) is 0. The second-order valence-corrected chi connectivity index (χ2v) is 5.02. The van der Waals surface area contributed by atoms with Gasteiger partial charge in [-0.15, -0.1) is 0 Å². The minimum Gasteiger partial charge on any atom is -0.236 e. The van der Waals surface area contributed by atoms with E-state index in [0.29, 0.717) is 5.17 Å². The van der Waals surface area contributed by atoms with Crippen molar-refractivity contribution in [2.45, 2.75) is 6.92 Å². The number of halogens is 2. The number of hydrogen-bond donors (Lipinski definition) is 0. The maximum absolute atomic E-state index is 6.17. The minimum atomic E-state index is 0.507. The van der Waals surface area contributed by atoms with E-state index in [1.807, 2.05) is 55.5 Å². The lowest BCUT2D eigenvalue weighted by Crippen LogP contribution is -1.90. The Kier molecular flexibility index (Phi) is 3.97. The van der Waals surface area contributed by atoms with Crippen molar-refractivity contribution >= 4 is 38.4 Å². The molecule has 0 saturated heterocycles. The molecule has 2 aromatic rings. The maximum atomic E-state index is 6.17. The molecule has 17 heavy (non-hydrogen) atoms. The van der Waals surface area contributed by atoms with Crippen LogP contribution in [0.5, 0.6) is 0 Å². The van der Waals surface area contributed by atoms with E-state index in [4.69, 9.17) is 11.6 Å². The second-order valence-electron chi connectivity index (χ2n) is 3.75. The van der Waals surface area contributed by atoms with Crippen LogP contribution in [-0.2, 0) is 0 Å². The van der Waals surface area contributed by atoms with Crippen LogP contribution < -0.4 is 0 Å². The Morgan fingerprint density at radius 3 is 2.18 bits per heavy atom. The van der Waals surface area contributed by atoms with E-state index >= 15 is 0 Å². The zero-order chi connectivity index (χ0) is 12.3. The van der Waals surface area contributed by atoms with Gasteiger partial charge in [0.1, 0.15) is 5.17 Å². The zero-order valence-corrected chi connectivity index (χ0v) is 11.7. The highest BCUT2D eigenvalue weighted by molar-refractivity contribution is 9.10. The van der Waals surface area contributed by atoms with Gasteiger partial charge < -0.3 is 0 Å². The molecule has 86 valence electrons. The highest BCUT2D eigenvalue weighted by Crippen LogP contribution is 2.19. The van der Waals surface area contributed by atoms with Gasteiger partial charge in [-0.2, -0.15) is 0 Å². The van der Waals surface area contributed by atoms with Crippen LogP contribution in [0.2, 0.25) is 0 Å². The summed E-state index contributed by atoms with van der Waals surface area (Å²) in [6, 6.07) is 15.7. The van der Waals surface area contributed by atoms with Gasteiger partial charge in [-0.1, -0.05) is 57.4 Å². The SMILES string of the molecule is Cc1ccc(/C(Cl)=N\c2ccc(Br)cc2)cc1. The first-order valence-electron chi connectivity index (χ1n) is 5.22. The zero-order valence-electron chi connectivity index (χ0n) is 9.32. The van der Waals surface area contributed by atoms with Crippen molar-refractivity contribution in [2.75, 3.05) is 0 Å². The summed E-state index contributed by atoms with van der Waals surface area (Å²) in [6.07, 6.45) is 0. The third kappa shape index (κ3) is 3.42. The smallest absolute Gasteiger partial charge is 0.136 e. The molecule has 0 atom stereocenters. The molecule has 1 nitrogen and oxygen atoms in total. The van der Waals surface area contributed by atoms with E-state index in [2.05, 4.69) is 20.9 Å². The number of aryl methyl sites for hydroxylation is 1. The molecule has 0 radical (unpaired) electrons. The molecule has 0 aliphatic rings. The predicted molar refractivity (Wildman–Crippen MR) is 77.4 cm³/mol. The number of aliphatic imine (C=N–C) groups is 1. The number of hydrogen-bond acceptors (Lipinski definition) is 1. The lowest BCUT2D eigenvalue weighted by molar-refractivity contribution is 1.45. The van der Waals surface area contributed by atoms with Crippen molar-refractivity contribution in [3.05, 3.63) is 64.1 Å². The Morgan fingerprint density at radius 1 is 1.00 bits per heavy atom. The van der Waals surface area contributed by atoms with Crippen LogP contribution in [0.3, 0.4) is 0 Å². The molecule has 0 aliphatic heterocycles. The Bertz CT molecular complexity index is 529. The first-order valence-corrected chi connectivity index (χ1v) is 6.39. The lowest BCUT2D eigenvalue weighted by Gasteiger charge is -2.00. The van der Waals surface area contributed by atoms with Crippen molar-refractivity contribution in [3.63, 3.8) is 0 Å². The van der Waals surface area contributed by atoms with Crippen molar-refractivity contribution in [3.8, 4) is 0 Å². The Morgan fingerprint density at radius 2 is 1.59 bits per heavy atom. The molecule has 0 aliphatic carbocycles. The van der Waals surface area contributed by atoms with Gasteiger partial charge in [-0.25, -0.2) is 4.99 Å². The predicted octanol–water partition coefficient (Wildman–Crippen LogP) is 5.07. The van der Waals surface area contributed by atoms with Gasteiger partial charge in [-0.05, 0) is 31.2 Å². The molecule has 0 aromatic heterocycles. The van der Waals surface area contributed by atoms with Crippen LogP contribution in [0.15, 0.2) is 58.0 Å². The molecular formula is C14H11BrClN. The summed E-state index contributed by atoms with van der Waals surface area (Å²) in [5.41, 5.74) is 2.99. The Labute approximate surface area is 114 Å². The van der Waals surface area contributed by atoms with E-state index in [1.54, 1.807) is 0 Å². The molecule has 0 bridgehead atoms. The van der Waals surface area contributed by atoms with E-state index in [1.165, 1.54) is 5.56 Å². The van der Waals surface area contributed by atoms with Crippen molar-refractivity contribution in [2.24, 2.45) is 4.99 Å². The van der Waals surface area contributed by atoms with Crippen LogP contribution in [0.4, 0.5) is 5.69 Å². The number of rotatable bonds is 2. The van der Waals surface area contributed by atoms with Crippen LogP contribution in [0.1, 0.15) is 11.1 Å². The van der Waals surface area contributed by atoms with Gasteiger partial charge in [0, 0.05) is 10.0 Å². The summed E-state index contributed by atoms with van der Waals surface area (Å²) in [5, 5.41) is 0.507. The maximum Gasteiger partial charge on any atom is 0.136 e. The summed E-state index contributed by atoms with van der Waals surface area (Å²) >= 11 is 9.55. The molecule has 3 heteroatoms. The molecule has 0 amide bonds. The highest BCUT2D eigenvalue weighted by atomic mass is 79.9. The largest absolute Gasteiger partial charge is 0.236 e. The fraction of sp³-hybridized carbons (Fsp3) is 0.0714. The van der Waals surface area contributed by atoms with Gasteiger partial charge in [0.15, 0.2) is 0 Å². The molecule has 0 spiro atoms. The van der Waals surface area contributed by atoms with Crippen LogP contribution in [0, 0.1) is 6.92 Å². The van der Waals surface area contributed by atoms with Crippen molar-refractivity contribution in [1.82, 2.24) is 0 Å². The molecule has 2 rings (SSSR count). The second kappa shape index (κ2) is 5.48. The third-order valence-corrected chi connectivity index (χ3v) is 3.18. The molecular weight excluding hydrogens is 298 g/mol. The molecule has 0 saturated carbocycles. The third-order valence-electron chi connectivity index (χ3n) is 2.34. The molecule has 0 heterocycles. The minimum absolute atomic E-state index is 0.507. The fourth-order valence-electron chi connectivity index (χ4n) is 1.38. The quantitative estimate of drug-likeness (QED) is 0.686. The van der Waals surface area contributed by atoms with Crippen molar-refractivity contribution < 1.29 is 0 Å². The van der Waals surface area contributed by atoms with Crippen molar-refractivity contribution in [1.29, 1.82) is 0 Å². The topological polar surface area (TPSA) is 12.4 Å². The van der Waals surface area contributed by atoms with E-state index in [-0.39, 0.29) is 0 Å². The number of benzene rings is 2. The van der Waals surface area contributed by atoms with Gasteiger partial charge >= 0.3 is 0 Å². The average molecular weight is 309 g/mol. The van der Waals surface area contributed by atoms with E-state index < -0.39 is 0 Å². The first-order chi connectivity index (χ1) is 8.15. The summed E-state index contributed by atoms with van der Waals surface area (Å²) < 4.78 is 1.03. The first kappa shape index (κ1) is 12.3. The standard InChI is InChI=1S/C14H11BrClN/c1-10-2-4-11(5-3-10)14(16)17-13-8-6-12(15)7-9-13/h2-9H,1H3/b17-14+. The Balaban J connectivity index is 2.27. The van der Waals surface area contributed by atoms with Crippen LogP contribution in [-0.4, -0.2) is 5.17 Å². The number of nitrogens with zero attached hydrogens (tertiary/aromatic N) is 1. The average Bonchev–Trinajstić information content (AvgIpc) is 2.33. The molecule has 0 unspecified atom stereocenters. The van der Waals surface area contributed by atoms with Gasteiger partial charge in [0.2, 0.25) is 0 Å².